The van der Waals surface area contributed by atoms with Crippen molar-refractivity contribution in [3.8, 4) is 11.4 Å². The molecule has 7 nitrogen and oxygen atoms in total. The van der Waals surface area contributed by atoms with E-state index in [9.17, 15) is 4.79 Å². The summed E-state index contributed by atoms with van der Waals surface area (Å²) in [6.07, 6.45) is 4.27. The van der Waals surface area contributed by atoms with E-state index in [-0.39, 0.29) is 18.0 Å². The van der Waals surface area contributed by atoms with Crippen LogP contribution in [0.1, 0.15) is 47.9 Å². The number of nitrogens with zero attached hydrogens (tertiary/aromatic N) is 3. The number of thiocarbonyl (C=S) groups is 1. The molecule has 5 rings (SSSR count). The maximum absolute atomic E-state index is 12.0. The van der Waals surface area contributed by atoms with Gasteiger partial charge in [-0.15, -0.1) is 0 Å². The number of hydrogen-bond donors (Lipinski definition) is 2. The largest absolute Gasteiger partial charge is 0.494 e. The second-order valence-corrected chi connectivity index (χ2v) is 9.74. The van der Waals surface area contributed by atoms with E-state index >= 15 is 0 Å². The Morgan fingerprint density at radius 3 is 2.58 bits per heavy atom. The molecular formula is C30H31N5O2S. The smallest absolute Gasteiger partial charge is 0.224 e. The number of benzene rings is 2. The topological polar surface area (TPSA) is 71.4 Å². The molecule has 8 heteroatoms. The lowest BCUT2D eigenvalue weighted by Crippen LogP contribution is -2.30. The van der Waals surface area contributed by atoms with E-state index in [1.54, 1.807) is 13.3 Å². The SMILES string of the molecule is CCC(=O)Nc1ccc(N2C(=S)N[C@@H](c3ccccn3)[C@H]2c2cccn2-c2ccc(C)c(C)c2)cc1OC. The van der Waals surface area contributed by atoms with Crippen LogP contribution in [0.5, 0.6) is 5.75 Å². The van der Waals surface area contributed by atoms with Gasteiger partial charge in [0.25, 0.3) is 0 Å². The van der Waals surface area contributed by atoms with Crippen molar-refractivity contribution >= 4 is 34.6 Å². The van der Waals surface area contributed by atoms with Crippen LogP contribution < -0.4 is 20.3 Å². The van der Waals surface area contributed by atoms with Crippen molar-refractivity contribution in [1.29, 1.82) is 0 Å². The van der Waals surface area contributed by atoms with E-state index in [0.717, 1.165) is 22.8 Å². The minimum Gasteiger partial charge on any atom is -0.494 e. The van der Waals surface area contributed by atoms with Crippen LogP contribution in [0.15, 0.2) is 79.1 Å². The molecule has 1 aliphatic rings. The van der Waals surface area contributed by atoms with Crippen molar-refractivity contribution in [2.24, 2.45) is 0 Å². The maximum Gasteiger partial charge on any atom is 0.224 e. The lowest BCUT2D eigenvalue weighted by Gasteiger charge is -2.29. The number of nitrogens with one attached hydrogen (secondary N) is 2. The monoisotopic (exact) mass is 525 g/mol. The fourth-order valence-corrected chi connectivity index (χ4v) is 5.20. The van der Waals surface area contributed by atoms with Gasteiger partial charge in [-0.05, 0) is 85.7 Å². The molecule has 38 heavy (non-hydrogen) atoms. The first kappa shape index (κ1) is 25.5. The van der Waals surface area contributed by atoms with Gasteiger partial charge >= 0.3 is 0 Å². The molecule has 1 aliphatic heterocycles. The van der Waals surface area contributed by atoms with Crippen LogP contribution in [0.2, 0.25) is 0 Å². The van der Waals surface area contributed by atoms with Gasteiger partial charge in [0.2, 0.25) is 5.91 Å². The Hall–Kier alpha value is -4.17. The molecular weight excluding hydrogens is 494 g/mol. The Balaban J connectivity index is 1.63. The lowest BCUT2D eigenvalue weighted by atomic mass is 10.0. The van der Waals surface area contributed by atoms with Crippen LogP contribution in [-0.2, 0) is 4.79 Å². The Bertz CT molecular complexity index is 1480. The lowest BCUT2D eigenvalue weighted by molar-refractivity contribution is -0.115. The molecule has 1 saturated heterocycles. The van der Waals surface area contributed by atoms with Crippen molar-refractivity contribution in [1.82, 2.24) is 14.9 Å². The minimum atomic E-state index is -0.199. The first-order valence-corrected chi connectivity index (χ1v) is 13.1. The molecule has 194 valence electrons. The quantitative estimate of drug-likeness (QED) is 0.288. The Morgan fingerprint density at radius 2 is 1.87 bits per heavy atom. The summed E-state index contributed by atoms with van der Waals surface area (Å²) in [7, 11) is 1.60. The van der Waals surface area contributed by atoms with Gasteiger partial charge in [0, 0.05) is 41.9 Å². The summed E-state index contributed by atoms with van der Waals surface area (Å²) in [4.78, 5) is 18.8. The summed E-state index contributed by atoms with van der Waals surface area (Å²) >= 11 is 5.92. The van der Waals surface area contributed by atoms with E-state index < -0.39 is 0 Å². The predicted octanol–water partition coefficient (Wildman–Crippen LogP) is 6.02. The number of aromatic nitrogens is 2. The third-order valence-electron chi connectivity index (χ3n) is 7.01. The molecule has 0 aliphatic carbocycles. The van der Waals surface area contributed by atoms with E-state index in [1.807, 2.05) is 43.3 Å². The molecule has 2 atom stereocenters. The van der Waals surface area contributed by atoms with Crippen LogP contribution in [0.4, 0.5) is 11.4 Å². The van der Waals surface area contributed by atoms with Gasteiger partial charge < -0.3 is 24.8 Å². The fourth-order valence-electron chi connectivity index (χ4n) is 4.85. The zero-order valence-electron chi connectivity index (χ0n) is 21.9. The van der Waals surface area contributed by atoms with Crippen molar-refractivity contribution in [2.45, 2.75) is 39.3 Å². The normalized spacial score (nSPS) is 16.8. The summed E-state index contributed by atoms with van der Waals surface area (Å²) in [5, 5.41) is 7.02. The predicted molar refractivity (Wildman–Crippen MR) is 155 cm³/mol. The van der Waals surface area contributed by atoms with Crippen LogP contribution in [0, 0.1) is 13.8 Å². The van der Waals surface area contributed by atoms with E-state index in [2.05, 4.69) is 75.5 Å². The van der Waals surface area contributed by atoms with Gasteiger partial charge in [-0.3, -0.25) is 9.78 Å². The van der Waals surface area contributed by atoms with E-state index in [4.69, 9.17) is 17.0 Å². The number of ether oxygens (including phenoxy) is 1. The first-order chi connectivity index (χ1) is 18.4. The second kappa shape index (κ2) is 10.7. The molecule has 2 N–H and O–H groups in total. The molecule has 1 amide bonds. The fraction of sp³-hybridized carbons (Fsp3) is 0.233. The van der Waals surface area contributed by atoms with Crippen molar-refractivity contribution < 1.29 is 9.53 Å². The van der Waals surface area contributed by atoms with Crippen molar-refractivity contribution in [2.75, 3.05) is 17.3 Å². The number of carbonyl (C=O) groups excluding carboxylic acids is 1. The Morgan fingerprint density at radius 1 is 1.05 bits per heavy atom. The summed E-state index contributed by atoms with van der Waals surface area (Å²) < 4.78 is 7.87. The van der Waals surface area contributed by atoms with Gasteiger partial charge in [-0.25, -0.2) is 0 Å². The highest BCUT2D eigenvalue weighted by molar-refractivity contribution is 7.80. The molecule has 0 spiro atoms. The Kier molecular flexibility index (Phi) is 7.15. The number of amides is 1. The second-order valence-electron chi connectivity index (χ2n) is 9.35. The Labute approximate surface area is 228 Å². The standard InChI is InChI=1S/C30H31N5O2S/c1-5-27(36)32-23-14-13-22(18-26(23)37-4)35-29(28(33-30(35)38)24-9-6-7-15-31-24)25-10-8-16-34(25)21-12-11-19(2)20(3)17-21/h6-18,28-29H,5H2,1-4H3,(H,32,36)(H,33,38)/t28-,29+/m0/s1. The molecule has 3 heterocycles. The number of anilines is 2. The van der Waals surface area contributed by atoms with Gasteiger partial charge in [0.1, 0.15) is 11.8 Å². The van der Waals surface area contributed by atoms with Crippen molar-refractivity contribution in [3.63, 3.8) is 0 Å². The highest BCUT2D eigenvalue weighted by Crippen LogP contribution is 2.44. The average Bonchev–Trinajstić information content (AvgIpc) is 3.55. The highest BCUT2D eigenvalue weighted by Gasteiger charge is 2.42. The highest BCUT2D eigenvalue weighted by atomic mass is 32.1. The molecule has 2 aromatic heterocycles. The zero-order valence-corrected chi connectivity index (χ0v) is 22.8. The van der Waals surface area contributed by atoms with Crippen LogP contribution in [-0.4, -0.2) is 27.7 Å². The van der Waals surface area contributed by atoms with Gasteiger partial charge in [-0.2, -0.15) is 0 Å². The maximum atomic E-state index is 12.0. The molecule has 0 radical (unpaired) electrons. The molecule has 4 aromatic rings. The van der Waals surface area contributed by atoms with E-state index in [1.165, 1.54) is 11.1 Å². The number of aryl methyl sites for hydroxylation is 2. The molecule has 0 unspecified atom stereocenters. The molecule has 2 aromatic carbocycles. The van der Waals surface area contributed by atoms with Crippen LogP contribution in [0.3, 0.4) is 0 Å². The minimum absolute atomic E-state index is 0.0753. The molecule has 0 saturated carbocycles. The molecule has 1 fully saturated rings. The molecule has 0 bridgehead atoms. The van der Waals surface area contributed by atoms with Crippen LogP contribution in [0.25, 0.3) is 5.69 Å². The first-order valence-electron chi connectivity index (χ1n) is 12.6. The third-order valence-corrected chi connectivity index (χ3v) is 7.32. The summed E-state index contributed by atoms with van der Waals surface area (Å²) in [5.74, 6) is 0.491. The van der Waals surface area contributed by atoms with Crippen LogP contribution >= 0.6 is 12.2 Å². The number of pyridine rings is 1. The van der Waals surface area contributed by atoms with Gasteiger partial charge in [0.05, 0.1) is 24.5 Å². The summed E-state index contributed by atoms with van der Waals surface area (Å²) in [6.45, 7) is 6.06. The van der Waals surface area contributed by atoms with Gasteiger partial charge in [0.15, 0.2) is 5.11 Å². The van der Waals surface area contributed by atoms with E-state index in [0.29, 0.717) is 23.0 Å². The van der Waals surface area contributed by atoms with Gasteiger partial charge in [-0.1, -0.05) is 19.1 Å². The third kappa shape index (κ3) is 4.75. The number of rotatable bonds is 7. The number of methoxy groups -OCH3 is 1. The summed E-state index contributed by atoms with van der Waals surface area (Å²) in [5.41, 5.74) is 7.01. The number of carbonyl (C=O) groups is 1. The zero-order chi connectivity index (χ0) is 26.8. The summed E-state index contributed by atoms with van der Waals surface area (Å²) in [6, 6.07) is 21.9. The number of hydrogen-bond acceptors (Lipinski definition) is 4. The average molecular weight is 526 g/mol. The van der Waals surface area contributed by atoms with Crippen molar-refractivity contribution in [3.05, 3.63) is 102 Å².